The van der Waals surface area contributed by atoms with Crippen molar-refractivity contribution < 1.29 is 4.74 Å². The predicted molar refractivity (Wildman–Crippen MR) is 100 cm³/mol. The Morgan fingerprint density at radius 1 is 1.18 bits per heavy atom. The number of hydrogen-bond donors (Lipinski definition) is 1. The SMILES string of the molecule is C[C@@H](Oc1nnc(-c2cc[nH]c(=O)c2)n1C)c1nnn(-c2cccc(Cl)c2)n1. The number of pyridine rings is 1. The molecule has 3 heterocycles. The van der Waals surface area contributed by atoms with Gasteiger partial charge in [0, 0.05) is 29.9 Å². The molecule has 0 saturated heterocycles. The lowest BCUT2D eigenvalue weighted by atomic mass is 10.2. The maximum absolute atomic E-state index is 11.5. The van der Waals surface area contributed by atoms with Gasteiger partial charge in [-0.2, -0.15) is 0 Å². The average Bonchev–Trinajstić information content (AvgIpc) is 3.30. The molecule has 0 spiro atoms. The second-order valence-electron chi connectivity index (χ2n) is 5.98. The quantitative estimate of drug-likeness (QED) is 0.546. The van der Waals surface area contributed by atoms with Gasteiger partial charge in [0.1, 0.15) is 0 Å². The Hall–Kier alpha value is -3.53. The molecule has 0 amide bonds. The Bertz CT molecular complexity index is 1180. The lowest BCUT2D eigenvalue weighted by Gasteiger charge is -2.10. The van der Waals surface area contributed by atoms with E-state index in [1.54, 1.807) is 49.0 Å². The maximum atomic E-state index is 11.5. The number of aromatic amines is 1. The van der Waals surface area contributed by atoms with Gasteiger partial charge < -0.3 is 9.72 Å². The fourth-order valence-corrected chi connectivity index (χ4v) is 2.75. The topological polar surface area (TPSA) is 116 Å². The first-order valence-electron chi connectivity index (χ1n) is 8.32. The highest BCUT2D eigenvalue weighted by atomic mass is 35.5. The molecule has 0 radical (unpaired) electrons. The summed E-state index contributed by atoms with van der Waals surface area (Å²) in [6.07, 6.45) is 1.02. The van der Waals surface area contributed by atoms with Crippen molar-refractivity contribution in [1.29, 1.82) is 0 Å². The maximum Gasteiger partial charge on any atom is 0.317 e. The third-order valence-electron chi connectivity index (χ3n) is 3.98. The van der Waals surface area contributed by atoms with Crippen LogP contribution >= 0.6 is 11.6 Å². The molecule has 4 aromatic rings. The van der Waals surface area contributed by atoms with Crippen LogP contribution < -0.4 is 10.3 Å². The first-order valence-corrected chi connectivity index (χ1v) is 8.70. The van der Waals surface area contributed by atoms with Crippen molar-refractivity contribution in [1.82, 2.24) is 40.0 Å². The van der Waals surface area contributed by atoms with Crippen LogP contribution in [0.25, 0.3) is 17.1 Å². The fraction of sp³-hybridized carbons (Fsp3) is 0.176. The van der Waals surface area contributed by atoms with Crippen LogP contribution in [0.15, 0.2) is 47.4 Å². The first kappa shape index (κ1) is 17.9. The summed E-state index contributed by atoms with van der Waals surface area (Å²) in [6, 6.07) is 10.6. The molecule has 0 aliphatic carbocycles. The van der Waals surface area contributed by atoms with Gasteiger partial charge in [0.15, 0.2) is 11.9 Å². The standard InChI is InChI=1S/C17H15ClN8O2/c1-10(15-20-24-26(23-15)13-5-3-4-12(18)9-13)28-17-22-21-16(25(17)2)11-6-7-19-14(27)8-11/h3-10H,1-2H3,(H,19,27)/t10-/m1/s1. The van der Waals surface area contributed by atoms with E-state index in [-0.39, 0.29) is 11.6 Å². The lowest BCUT2D eigenvalue weighted by molar-refractivity contribution is 0.190. The average molecular weight is 399 g/mol. The summed E-state index contributed by atoms with van der Waals surface area (Å²) in [5.41, 5.74) is 1.10. The van der Waals surface area contributed by atoms with E-state index in [0.29, 0.717) is 27.9 Å². The number of aromatic nitrogens is 8. The Morgan fingerprint density at radius 2 is 2.04 bits per heavy atom. The Kier molecular flexibility index (Phi) is 4.62. The van der Waals surface area contributed by atoms with Crippen LogP contribution in [0.5, 0.6) is 6.01 Å². The van der Waals surface area contributed by atoms with Gasteiger partial charge in [-0.3, -0.25) is 9.36 Å². The van der Waals surface area contributed by atoms with E-state index in [1.165, 1.54) is 10.9 Å². The van der Waals surface area contributed by atoms with Crippen molar-refractivity contribution in [3.05, 3.63) is 63.8 Å². The largest absolute Gasteiger partial charge is 0.452 e. The molecule has 1 aromatic carbocycles. The van der Waals surface area contributed by atoms with Crippen LogP contribution in [0.4, 0.5) is 0 Å². The molecule has 1 atom stereocenters. The summed E-state index contributed by atoms with van der Waals surface area (Å²) in [5, 5.41) is 21.1. The van der Waals surface area contributed by atoms with E-state index in [1.807, 2.05) is 6.07 Å². The third kappa shape index (κ3) is 3.49. The Balaban J connectivity index is 1.55. The van der Waals surface area contributed by atoms with Crippen LogP contribution in [0.3, 0.4) is 0 Å². The number of H-pyrrole nitrogens is 1. The van der Waals surface area contributed by atoms with Crippen LogP contribution in [-0.2, 0) is 7.05 Å². The van der Waals surface area contributed by atoms with Crippen LogP contribution in [0, 0.1) is 0 Å². The third-order valence-corrected chi connectivity index (χ3v) is 4.22. The van der Waals surface area contributed by atoms with Crippen LogP contribution in [0.2, 0.25) is 5.02 Å². The lowest BCUT2D eigenvalue weighted by Crippen LogP contribution is -2.10. The normalized spacial score (nSPS) is 12.1. The smallest absolute Gasteiger partial charge is 0.317 e. The molecule has 0 unspecified atom stereocenters. The van der Waals surface area contributed by atoms with Gasteiger partial charge >= 0.3 is 6.01 Å². The minimum absolute atomic E-state index is 0.224. The van der Waals surface area contributed by atoms with E-state index < -0.39 is 6.10 Å². The predicted octanol–water partition coefficient (Wildman–Crippen LogP) is 1.94. The summed E-state index contributed by atoms with van der Waals surface area (Å²) in [6.45, 7) is 1.78. The number of rotatable bonds is 5. The number of tetrazole rings is 1. The van der Waals surface area contributed by atoms with Crippen molar-refractivity contribution in [2.24, 2.45) is 7.05 Å². The molecule has 10 nitrogen and oxygen atoms in total. The monoisotopic (exact) mass is 398 g/mol. The summed E-state index contributed by atoms with van der Waals surface area (Å²) in [7, 11) is 1.74. The van der Waals surface area contributed by atoms with Crippen molar-refractivity contribution in [3.8, 4) is 23.1 Å². The molecule has 0 aliphatic heterocycles. The minimum atomic E-state index is -0.525. The van der Waals surface area contributed by atoms with Gasteiger partial charge in [0.2, 0.25) is 11.4 Å². The summed E-state index contributed by atoms with van der Waals surface area (Å²) >= 11 is 6.00. The van der Waals surface area contributed by atoms with Gasteiger partial charge in [0.05, 0.1) is 5.69 Å². The molecule has 28 heavy (non-hydrogen) atoms. The highest BCUT2D eigenvalue weighted by Gasteiger charge is 2.19. The molecule has 4 rings (SSSR count). The van der Waals surface area contributed by atoms with Crippen molar-refractivity contribution in [2.45, 2.75) is 13.0 Å². The molecule has 1 N–H and O–H groups in total. The Morgan fingerprint density at radius 3 is 2.82 bits per heavy atom. The number of halogens is 1. The van der Waals surface area contributed by atoms with E-state index in [0.717, 1.165) is 0 Å². The molecule has 3 aromatic heterocycles. The fourth-order valence-electron chi connectivity index (χ4n) is 2.56. The molecule has 0 saturated carbocycles. The molecule has 0 bridgehead atoms. The zero-order valence-electron chi connectivity index (χ0n) is 14.9. The summed E-state index contributed by atoms with van der Waals surface area (Å²) in [4.78, 5) is 15.4. The molecule has 0 fully saturated rings. The van der Waals surface area contributed by atoms with Gasteiger partial charge in [-0.15, -0.1) is 20.1 Å². The minimum Gasteiger partial charge on any atom is -0.452 e. The van der Waals surface area contributed by atoms with Gasteiger partial charge in [-0.1, -0.05) is 22.8 Å². The van der Waals surface area contributed by atoms with Crippen LogP contribution in [-0.4, -0.2) is 40.0 Å². The highest BCUT2D eigenvalue weighted by Crippen LogP contribution is 2.22. The van der Waals surface area contributed by atoms with Crippen molar-refractivity contribution >= 4 is 11.6 Å². The zero-order chi connectivity index (χ0) is 19.7. The van der Waals surface area contributed by atoms with Gasteiger partial charge in [-0.05, 0) is 36.4 Å². The molecular formula is C17H15ClN8O2. The first-order chi connectivity index (χ1) is 13.5. The van der Waals surface area contributed by atoms with E-state index in [2.05, 4.69) is 30.6 Å². The summed E-state index contributed by atoms with van der Waals surface area (Å²) < 4.78 is 7.48. The second kappa shape index (κ2) is 7.24. The Labute approximate surface area is 163 Å². The van der Waals surface area contributed by atoms with Gasteiger partial charge in [0.25, 0.3) is 0 Å². The number of nitrogens with zero attached hydrogens (tertiary/aromatic N) is 7. The van der Waals surface area contributed by atoms with Crippen molar-refractivity contribution in [3.63, 3.8) is 0 Å². The van der Waals surface area contributed by atoms with E-state index in [9.17, 15) is 4.79 Å². The molecular weight excluding hydrogens is 384 g/mol. The number of benzene rings is 1. The molecule has 142 valence electrons. The molecule has 11 heteroatoms. The van der Waals surface area contributed by atoms with Crippen LogP contribution in [0.1, 0.15) is 18.9 Å². The van der Waals surface area contributed by atoms with Gasteiger partial charge in [-0.25, -0.2) is 0 Å². The zero-order valence-corrected chi connectivity index (χ0v) is 15.7. The van der Waals surface area contributed by atoms with E-state index >= 15 is 0 Å². The number of ether oxygens (including phenoxy) is 1. The number of hydrogen-bond acceptors (Lipinski definition) is 7. The van der Waals surface area contributed by atoms with Crippen molar-refractivity contribution in [2.75, 3.05) is 0 Å². The number of nitrogens with one attached hydrogen (secondary N) is 1. The van der Waals surface area contributed by atoms with E-state index in [4.69, 9.17) is 16.3 Å². The highest BCUT2D eigenvalue weighted by molar-refractivity contribution is 6.30. The molecule has 0 aliphatic rings. The summed E-state index contributed by atoms with van der Waals surface area (Å²) in [5.74, 6) is 0.879. The second-order valence-corrected chi connectivity index (χ2v) is 6.42.